The lowest BCUT2D eigenvalue weighted by Gasteiger charge is -2.35. The average molecular weight is 645 g/mol. The smallest absolute Gasteiger partial charge is 0.416 e. The molecule has 8 nitrogen and oxygen atoms in total. The third kappa shape index (κ3) is 6.67. The number of anilines is 1. The van der Waals surface area contributed by atoms with Gasteiger partial charge in [0.25, 0.3) is 5.91 Å². The van der Waals surface area contributed by atoms with Crippen molar-refractivity contribution >= 4 is 40.1 Å². The van der Waals surface area contributed by atoms with Gasteiger partial charge in [-0.3, -0.25) is 9.78 Å². The Morgan fingerprint density at radius 1 is 1.13 bits per heavy atom. The van der Waals surface area contributed by atoms with E-state index in [0.29, 0.717) is 38.2 Å². The van der Waals surface area contributed by atoms with Crippen LogP contribution in [0.4, 0.5) is 27.6 Å². The number of alkyl halides is 3. The van der Waals surface area contributed by atoms with Crippen molar-refractivity contribution in [1.29, 1.82) is 5.26 Å². The number of aliphatic carboxylic acids is 1. The van der Waals surface area contributed by atoms with Crippen LogP contribution < -0.4 is 10.2 Å². The molecule has 2 atom stereocenters. The van der Waals surface area contributed by atoms with Crippen LogP contribution in [-0.2, 0) is 16.0 Å². The minimum absolute atomic E-state index is 0.0723. The van der Waals surface area contributed by atoms with E-state index in [4.69, 9.17) is 21.6 Å². The van der Waals surface area contributed by atoms with Gasteiger partial charge >= 0.3 is 12.1 Å². The Morgan fingerprint density at radius 3 is 2.49 bits per heavy atom. The van der Waals surface area contributed by atoms with Crippen LogP contribution >= 0.6 is 11.6 Å². The SMILES string of the molecule is N#Cc1ccc(-c2ccc(C[C@H](NC(=O)c3c(F)cc(N4CCOC(C(F)(F)F)C4)cc3F)C(=O)O)c3cccnc23)c(Cl)c1. The summed E-state index contributed by atoms with van der Waals surface area (Å²) < 4.78 is 74.1. The van der Waals surface area contributed by atoms with E-state index in [-0.39, 0.29) is 25.3 Å². The first-order chi connectivity index (χ1) is 21.4. The number of aromatic nitrogens is 1. The second-order valence-electron chi connectivity index (χ2n) is 10.2. The molecule has 45 heavy (non-hydrogen) atoms. The lowest BCUT2D eigenvalue weighted by molar-refractivity contribution is -0.221. The third-order valence-electron chi connectivity index (χ3n) is 7.33. The minimum Gasteiger partial charge on any atom is -0.480 e. The van der Waals surface area contributed by atoms with Crippen LogP contribution in [0.3, 0.4) is 0 Å². The van der Waals surface area contributed by atoms with Crippen molar-refractivity contribution < 1.29 is 41.4 Å². The molecular formula is C31H22ClF5N4O4. The van der Waals surface area contributed by atoms with Gasteiger partial charge < -0.3 is 20.1 Å². The van der Waals surface area contributed by atoms with Crippen LogP contribution in [0.15, 0.2) is 60.8 Å². The number of nitriles is 1. The number of hydrogen-bond acceptors (Lipinski definition) is 6. The molecule has 0 spiro atoms. The number of amides is 1. The van der Waals surface area contributed by atoms with Crippen molar-refractivity contribution in [3.63, 3.8) is 0 Å². The molecule has 3 aromatic carbocycles. The first kappa shape index (κ1) is 31.6. The Bertz CT molecular complexity index is 1820. The molecule has 1 aliphatic heterocycles. The summed E-state index contributed by atoms with van der Waals surface area (Å²) >= 11 is 6.41. The molecule has 0 aliphatic carbocycles. The number of halogens is 6. The zero-order valence-electron chi connectivity index (χ0n) is 23.0. The molecule has 0 saturated carbocycles. The fourth-order valence-corrected chi connectivity index (χ4v) is 5.40. The van der Waals surface area contributed by atoms with Crippen molar-refractivity contribution in [3.05, 3.63) is 94.1 Å². The summed E-state index contributed by atoms with van der Waals surface area (Å²) in [5.41, 5.74) is 1.14. The summed E-state index contributed by atoms with van der Waals surface area (Å²) in [6.45, 7) is -1.10. The third-order valence-corrected chi connectivity index (χ3v) is 7.64. The van der Waals surface area contributed by atoms with Crippen molar-refractivity contribution in [2.45, 2.75) is 24.7 Å². The van der Waals surface area contributed by atoms with Crippen LogP contribution in [0, 0.1) is 23.0 Å². The molecular weight excluding hydrogens is 623 g/mol. The average Bonchev–Trinajstić information content (AvgIpc) is 3.00. The number of benzene rings is 3. The molecule has 4 aromatic rings. The number of nitrogens with zero attached hydrogens (tertiary/aromatic N) is 3. The summed E-state index contributed by atoms with van der Waals surface area (Å²) in [4.78, 5) is 30.6. The first-order valence-electron chi connectivity index (χ1n) is 13.4. The standard InChI is InChI=1S/C31H22ClF5N4O4/c32-22-10-16(14-38)3-5-20(22)21-6-4-17(19-2-1-7-39-28(19)21)11-25(30(43)44)40-29(42)27-23(33)12-18(13-24(27)34)41-8-9-45-26(15-41)31(35,36)37/h1-7,10,12-13,25-26H,8-9,11,15H2,(H,40,42)(H,43,44)/t25-,26?/m0/s1. The van der Waals surface area contributed by atoms with Gasteiger partial charge in [0.05, 0.1) is 30.3 Å². The Labute approximate surface area is 257 Å². The second-order valence-corrected chi connectivity index (χ2v) is 10.6. The molecule has 1 unspecified atom stereocenters. The maximum Gasteiger partial charge on any atom is 0.416 e. The number of carboxylic acids is 1. The van der Waals surface area contributed by atoms with E-state index in [1.165, 1.54) is 12.3 Å². The molecule has 1 saturated heterocycles. The highest BCUT2D eigenvalue weighted by Gasteiger charge is 2.43. The largest absolute Gasteiger partial charge is 0.480 e. The second kappa shape index (κ2) is 12.7. The minimum atomic E-state index is -4.68. The molecule has 14 heteroatoms. The number of carboxylic acid groups (broad SMARTS) is 1. The predicted molar refractivity (Wildman–Crippen MR) is 154 cm³/mol. The number of rotatable bonds is 7. The molecule has 1 amide bonds. The van der Waals surface area contributed by atoms with Crippen LogP contribution in [0.25, 0.3) is 22.0 Å². The van der Waals surface area contributed by atoms with Crippen LogP contribution in [0.1, 0.15) is 21.5 Å². The molecule has 5 rings (SSSR count). The topological polar surface area (TPSA) is 116 Å². The van der Waals surface area contributed by atoms with Gasteiger partial charge in [-0.05, 0) is 35.9 Å². The molecule has 2 heterocycles. The number of ether oxygens (including phenoxy) is 1. The zero-order chi connectivity index (χ0) is 32.5. The van der Waals surface area contributed by atoms with Gasteiger partial charge in [-0.1, -0.05) is 35.9 Å². The highest BCUT2D eigenvalue weighted by Crippen LogP contribution is 2.35. The molecule has 1 aliphatic rings. The first-order valence-corrected chi connectivity index (χ1v) is 13.8. The van der Waals surface area contributed by atoms with E-state index in [1.54, 1.807) is 36.4 Å². The highest BCUT2D eigenvalue weighted by molar-refractivity contribution is 6.33. The van der Waals surface area contributed by atoms with Gasteiger partial charge in [-0.25, -0.2) is 13.6 Å². The predicted octanol–water partition coefficient (Wildman–Crippen LogP) is 5.90. The lowest BCUT2D eigenvalue weighted by Crippen LogP contribution is -2.49. The molecule has 0 radical (unpaired) electrons. The van der Waals surface area contributed by atoms with E-state index < -0.39 is 53.9 Å². The van der Waals surface area contributed by atoms with Crippen LogP contribution in [0.2, 0.25) is 5.02 Å². The summed E-state index contributed by atoms with van der Waals surface area (Å²) in [5, 5.41) is 22.0. The van der Waals surface area contributed by atoms with Gasteiger partial charge in [0.15, 0.2) is 6.10 Å². The van der Waals surface area contributed by atoms with Gasteiger partial charge in [-0.2, -0.15) is 18.4 Å². The number of nitrogens with one attached hydrogen (secondary N) is 1. The maximum atomic E-state index is 15.1. The van der Waals surface area contributed by atoms with Gasteiger partial charge in [0, 0.05) is 46.4 Å². The zero-order valence-corrected chi connectivity index (χ0v) is 23.8. The highest BCUT2D eigenvalue weighted by atomic mass is 35.5. The number of fused-ring (bicyclic) bond motifs is 1. The maximum absolute atomic E-state index is 15.1. The van der Waals surface area contributed by atoms with Gasteiger partial charge in [0.2, 0.25) is 0 Å². The van der Waals surface area contributed by atoms with Crippen molar-refractivity contribution in [1.82, 2.24) is 10.3 Å². The molecule has 1 aromatic heterocycles. The molecule has 2 N–H and O–H groups in total. The Hall–Kier alpha value is -4.80. The van der Waals surface area contributed by atoms with E-state index in [2.05, 4.69) is 10.3 Å². The molecule has 1 fully saturated rings. The van der Waals surface area contributed by atoms with Gasteiger partial charge in [0.1, 0.15) is 23.2 Å². The number of carbonyl (C=O) groups is 2. The van der Waals surface area contributed by atoms with Gasteiger partial charge in [-0.15, -0.1) is 0 Å². The van der Waals surface area contributed by atoms with Crippen LogP contribution in [0.5, 0.6) is 0 Å². The van der Waals surface area contributed by atoms with Crippen molar-refractivity contribution in [2.24, 2.45) is 0 Å². The summed E-state index contributed by atoms with van der Waals surface area (Å²) in [5.74, 6) is -5.59. The van der Waals surface area contributed by atoms with E-state index in [0.717, 1.165) is 17.0 Å². The van der Waals surface area contributed by atoms with E-state index in [1.807, 2.05) is 6.07 Å². The van der Waals surface area contributed by atoms with E-state index >= 15 is 8.78 Å². The monoisotopic (exact) mass is 644 g/mol. The van der Waals surface area contributed by atoms with Crippen LogP contribution in [-0.4, -0.2) is 60.0 Å². The quantitative estimate of drug-likeness (QED) is 0.241. The lowest BCUT2D eigenvalue weighted by atomic mass is 9.94. The van der Waals surface area contributed by atoms with Crippen molar-refractivity contribution in [3.8, 4) is 17.2 Å². The van der Waals surface area contributed by atoms with Crippen molar-refractivity contribution in [2.75, 3.05) is 24.6 Å². The normalized spacial score (nSPS) is 15.8. The number of pyridine rings is 1. The summed E-state index contributed by atoms with van der Waals surface area (Å²) in [6.07, 6.45) is -5.60. The fourth-order valence-electron chi connectivity index (χ4n) is 5.12. The Kier molecular flexibility index (Phi) is 8.90. The number of carbonyl (C=O) groups excluding carboxylic acids is 1. The fraction of sp³-hybridized carbons (Fsp3) is 0.226. The Morgan fingerprint density at radius 2 is 1.84 bits per heavy atom. The number of morpholine rings is 1. The number of hydrogen-bond donors (Lipinski definition) is 2. The van der Waals surface area contributed by atoms with E-state index in [9.17, 15) is 27.9 Å². The summed E-state index contributed by atoms with van der Waals surface area (Å²) in [7, 11) is 0. The Balaban J connectivity index is 1.40. The summed E-state index contributed by atoms with van der Waals surface area (Å²) in [6, 6.07) is 13.1. The molecule has 0 bridgehead atoms. The molecule has 232 valence electrons.